The Balaban J connectivity index is 1.57. The van der Waals surface area contributed by atoms with E-state index in [2.05, 4.69) is 20.1 Å². The van der Waals surface area contributed by atoms with Gasteiger partial charge in [-0.1, -0.05) is 18.9 Å². The topological polar surface area (TPSA) is 61.4 Å². The first kappa shape index (κ1) is 19.7. The number of imidazole rings is 1. The van der Waals surface area contributed by atoms with Crippen molar-refractivity contribution in [3.05, 3.63) is 48.8 Å². The van der Waals surface area contributed by atoms with Gasteiger partial charge in [0.05, 0.1) is 24.8 Å². The molecule has 0 atom stereocenters. The van der Waals surface area contributed by atoms with Crippen molar-refractivity contribution in [1.82, 2.24) is 29.3 Å². The summed E-state index contributed by atoms with van der Waals surface area (Å²) in [6.07, 6.45) is 6.75. The molecule has 6 nitrogen and oxygen atoms in total. The van der Waals surface area contributed by atoms with Crippen LogP contribution in [0.15, 0.2) is 43.1 Å². The summed E-state index contributed by atoms with van der Waals surface area (Å²) < 4.78 is 45.0. The summed E-state index contributed by atoms with van der Waals surface area (Å²) in [6.45, 7) is 0.187. The fourth-order valence-electron chi connectivity index (χ4n) is 4.24. The van der Waals surface area contributed by atoms with Crippen molar-refractivity contribution in [3.63, 3.8) is 0 Å². The highest BCUT2D eigenvalue weighted by atomic mass is 19.3. The Morgan fingerprint density at radius 1 is 1.10 bits per heavy atom. The summed E-state index contributed by atoms with van der Waals surface area (Å²) in [5.41, 5.74) is 2.04. The first-order chi connectivity index (χ1) is 14.9. The molecule has 0 radical (unpaired) electrons. The lowest BCUT2D eigenvalue weighted by Crippen LogP contribution is -2.25. The van der Waals surface area contributed by atoms with Crippen LogP contribution in [0, 0.1) is 0 Å². The summed E-state index contributed by atoms with van der Waals surface area (Å²) in [7, 11) is 1.83. The lowest BCUT2D eigenvalue weighted by Gasteiger charge is -2.18. The Hall–Kier alpha value is -3.23. The van der Waals surface area contributed by atoms with Crippen LogP contribution >= 0.6 is 0 Å². The fourth-order valence-corrected chi connectivity index (χ4v) is 4.24. The summed E-state index contributed by atoms with van der Waals surface area (Å²) in [5, 5.41) is 4.32. The molecule has 0 bridgehead atoms. The molecule has 0 aromatic carbocycles. The monoisotopic (exact) mass is 426 g/mol. The number of hydrogen-bond donors (Lipinski definition) is 0. The number of rotatable bonds is 5. The molecule has 0 saturated heterocycles. The van der Waals surface area contributed by atoms with Crippen LogP contribution in [0.25, 0.3) is 33.5 Å². The average molecular weight is 426 g/mol. The summed E-state index contributed by atoms with van der Waals surface area (Å²) in [5.74, 6) is 0. The van der Waals surface area contributed by atoms with Gasteiger partial charge in [0.25, 0.3) is 6.43 Å². The average Bonchev–Trinajstić information content (AvgIpc) is 3.48. The van der Waals surface area contributed by atoms with E-state index in [4.69, 9.17) is 0 Å². The van der Waals surface area contributed by atoms with E-state index in [-0.39, 0.29) is 12.2 Å². The largest absolute Gasteiger partial charge is 0.318 e. The van der Waals surface area contributed by atoms with Crippen LogP contribution in [0.2, 0.25) is 0 Å². The molecule has 9 heteroatoms. The quantitative estimate of drug-likeness (QED) is 0.445. The van der Waals surface area contributed by atoms with Gasteiger partial charge in [-0.2, -0.15) is 5.10 Å². The second-order valence-electron chi connectivity index (χ2n) is 8.14. The van der Waals surface area contributed by atoms with E-state index < -0.39 is 12.1 Å². The summed E-state index contributed by atoms with van der Waals surface area (Å²) in [6, 6.07) is 4.69. The molecule has 1 saturated carbocycles. The molecule has 5 rings (SSSR count). The first-order valence-electron chi connectivity index (χ1n) is 10.2. The van der Waals surface area contributed by atoms with E-state index in [0.717, 1.165) is 12.8 Å². The highest BCUT2D eigenvalue weighted by molar-refractivity contribution is 5.84. The fraction of sp³-hybridized carbons (Fsp3) is 0.364. The molecule has 31 heavy (non-hydrogen) atoms. The molecule has 0 N–H and O–H groups in total. The maximum atomic E-state index is 14.9. The zero-order chi connectivity index (χ0) is 21.6. The summed E-state index contributed by atoms with van der Waals surface area (Å²) in [4.78, 5) is 12.9. The van der Waals surface area contributed by atoms with E-state index in [1.807, 2.05) is 7.05 Å². The molecule has 0 amide bonds. The minimum atomic E-state index is -2.70. The smallest absolute Gasteiger partial charge is 0.280 e. The molecule has 4 aromatic heterocycles. The van der Waals surface area contributed by atoms with Crippen molar-refractivity contribution >= 4 is 11.2 Å². The molecular weight excluding hydrogens is 405 g/mol. The van der Waals surface area contributed by atoms with Gasteiger partial charge in [-0.25, -0.2) is 28.1 Å². The number of fused-ring (bicyclic) bond motifs is 1. The molecule has 0 unspecified atom stereocenters. The van der Waals surface area contributed by atoms with Gasteiger partial charge in [0.1, 0.15) is 16.9 Å². The minimum absolute atomic E-state index is 0.187. The van der Waals surface area contributed by atoms with Gasteiger partial charge >= 0.3 is 0 Å². The van der Waals surface area contributed by atoms with Gasteiger partial charge in [0, 0.05) is 36.1 Å². The Kier molecular flexibility index (Phi) is 4.75. The van der Waals surface area contributed by atoms with Gasteiger partial charge in [-0.15, -0.1) is 0 Å². The van der Waals surface area contributed by atoms with Crippen molar-refractivity contribution in [2.24, 2.45) is 7.05 Å². The van der Waals surface area contributed by atoms with E-state index in [1.54, 1.807) is 46.3 Å². The molecular formula is C22H21F3N6. The lowest BCUT2D eigenvalue weighted by molar-refractivity contribution is 0.139. The molecule has 1 aliphatic rings. The number of alkyl halides is 3. The number of hydrogen-bond acceptors (Lipinski definition) is 4. The Morgan fingerprint density at radius 2 is 1.90 bits per heavy atom. The van der Waals surface area contributed by atoms with Crippen LogP contribution in [0.1, 0.15) is 37.8 Å². The molecule has 0 spiro atoms. The second kappa shape index (κ2) is 7.47. The van der Waals surface area contributed by atoms with E-state index in [0.29, 0.717) is 46.4 Å². The van der Waals surface area contributed by atoms with Gasteiger partial charge < -0.3 is 4.57 Å². The van der Waals surface area contributed by atoms with Crippen molar-refractivity contribution in [3.8, 4) is 22.4 Å². The number of nitrogens with zero attached hydrogens (tertiary/aromatic N) is 6. The van der Waals surface area contributed by atoms with E-state index in [9.17, 15) is 13.2 Å². The van der Waals surface area contributed by atoms with Crippen LogP contribution in [0.5, 0.6) is 0 Å². The summed E-state index contributed by atoms with van der Waals surface area (Å²) >= 11 is 0. The van der Waals surface area contributed by atoms with Crippen LogP contribution in [-0.2, 0) is 13.6 Å². The maximum Gasteiger partial charge on any atom is 0.280 e. The number of pyridine rings is 2. The first-order valence-corrected chi connectivity index (χ1v) is 10.2. The van der Waals surface area contributed by atoms with Crippen molar-refractivity contribution < 1.29 is 13.2 Å². The highest BCUT2D eigenvalue weighted by Crippen LogP contribution is 2.36. The van der Waals surface area contributed by atoms with Crippen molar-refractivity contribution in [2.75, 3.05) is 0 Å². The highest BCUT2D eigenvalue weighted by Gasteiger charge is 2.34. The predicted octanol–water partition coefficient (Wildman–Crippen LogP) is 5.11. The van der Waals surface area contributed by atoms with Gasteiger partial charge in [-0.05, 0) is 25.0 Å². The lowest BCUT2D eigenvalue weighted by atomic mass is 10.0. The van der Waals surface area contributed by atoms with E-state index >= 15 is 0 Å². The van der Waals surface area contributed by atoms with Crippen LogP contribution in [-0.4, -0.2) is 35.0 Å². The van der Waals surface area contributed by atoms with Crippen LogP contribution in [0.3, 0.4) is 0 Å². The minimum Gasteiger partial charge on any atom is -0.318 e. The third-order valence-corrected chi connectivity index (χ3v) is 5.85. The standard InChI is InChI=1S/C22H21F3N6/c1-30-13-27-18-8-14(9-26-21(18)30)19-16(4-5-17(29-19)20(23)24)15-10-28-31(11-15)12-22(25)6-2-3-7-22/h4-5,8-11,13,20H,2-3,6-7,12H2,1H3. The molecule has 4 heterocycles. The molecule has 0 aliphatic heterocycles. The number of aromatic nitrogens is 6. The predicted molar refractivity (Wildman–Crippen MR) is 110 cm³/mol. The van der Waals surface area contributed by atoms with E-state index in [1.165, 1.54) is 6.07 Å². The molecule has 1 fully saturated rings. The zero-order valence-corrected chi connectivity index (χ0v) is 17.0. The van der Waals surface area contributed by atoms with Crippen molar-refractivity contribution in [1.29, 1.82) is 0 Å². The van der Waals surface area contributed by atoms with Crippen LogP contribution < -0.4 is 0 Å². The maximum absolute atomic E-state index is 14.9. The molecule has 1 aliphatic carbocycles. The van der Waals surface area contributed by atoms with Gasteiger partial charge in [0.15, 0.2) is 5.65 Å². The molecule has 160 valence electrons. The Bertz CT molecular complexity index is 1240. The number of halogens is 3. The van der Waals surface area contributed by atoms with Gasteiger partial charge in [0.2, 0.25) is 0 Å². The Labute approximate surface area is 176 Å². The zero-order valence-electron chi connectivity index (χ0n) is 17.0. The number of aryl methyl sites for hydroxylation is 1. The Morgan fingerprint density at radius 3 is 2.68 bits per heavy atom. The van der Waals surface area contributed by atoms with Crippen molar-refractivity contribution in [2.45, 2.75) is 44.3 Å². The van der Waals surface area contributed by atoms with Gasteiger partial charge in [-0.3, -0.25) is 4.68 Å². The van der Waals surface area contributed by atoms with Crippen LogP contribution in [0.4, 0.5) is 13.2 Å². The molecule has 4 aromatic rings. The normalized spacial score (nSPS) is 15.9. The third kappa shape index (κ3) is 3.68. The second-order valence-corrected chi connectivity index (χ2v) is 8.14. The SMILES string of the molecule is Cn1cnc2cc(-c3nc(C(F)F)ccc3-c3cnn(CC4(F)CCCC4)c3)cnc21. The third-order valence-electron chi connectivity index (χ3n) is 5.85.